The number of nitrogens with zero attached hydrogens (tertiary/aromatic N) is 2. The number of nitrogens with one attached hydrogen (secondary N) is 1. The number of aryl methyl sites for hydroxylation is 1. The molecule has 0 aromatic carbocycles. The molecule has 1 aliphatic rings. The molecule has 2 rings (SSSR count). The lowest BCUT2D eigenvalue weighted by molar-refractivity contribution is -0.134. The van der Waals surface area contributed by atoms with Gasteiger partial charge in [-0.3, -0.25) is 0 Å². The SMILES string of the molecule is CCCCNC1CCc2c(ncn2CC)C1.O=C(O)/C=C/C(=O)O. The van der Waals surface area contributed by atoms with Gasteiger partial charge in [-0.15, -0.1) is 0 Å². The first-order valence-electron chi connectivity index (χ1n) is 8.38. The van der Waals surface area contributed by atoms with Gasteiger partial charge >= 0.3 is 11.9 Å². The Morgan fingerprint density at radius 2 is 2.00 bits per heavy atom. The second-order valence-electron chi connectivity index (χ2n) is 5.68. The van der Waals surface area contributed by atoms with Crippen molar-refractivity contribution >= 4 is 11.9 Å². The molecule has 0 amide bonds. The number of carboxylic acids is 2. The molecule has 0 fully saturated rings. The van der Waals surface area contributed by atoms with Gasteiger partial charge in [0.2, 0.25) is 0 Å². The molecule has 24 heavy (non-hydrogen) atoms. The molecule has 0 bridgehead atoms. The van der Waals surface area contributed by atoms with E-state index in [1.54, 1.807) is 0 Å². The summed E-state index contributed by atoms with van der Waals surface area (Å²) in [5.41, 5.74) is 2.79. The molecular formula is C17H27N3O4. The van der Waals surface area contributed by atoms with Crippen LogP contribution in [0.3, 0.4) is 0 Å². The van der Waals surface area contributed by atoms with Crippen LogP contribution in [0.1, 0.15) is 44.5 Å². The van der Waals surface area contributed by atoms with Gasteiger partial charge in [0.15, 0.2) is 0 Å². The Balaban J connectivity index is 0.000000307. The van der Waals surface area contributed by atoms with Crippen LogP contribution in [-0.2, 0) is 29.0 Å². The average molecular weight is 337 g/mol. The van der Waals surface area contributed by atoms with E-state index in [1.807, 2.05) is 6.33 Å². The highest BCUT2D eigenvalue weighted by Gasteiger charge is 2.21. The predicted molar refractivity (Wildman–Crippen MR) is 91.0 cm³/mol. The number of rotatable bonds is 7. The van der Waals surface area contributed by atoms with Crippen molar-refractivity contribution < 1.29 is 19.8 Å². The molecule has 7 nitrogen and oxygen atoms in total. The third-order valence-corrected chi connectivity index (χ3v) is 3.87. The fourth-order valence-corrected chi connectivity index (χ4v) is 2.63. The molecule has 0 spiro atoms. The molecule has 0 saturated heterocycles. The first kappa shape index (κ1) is 19.9. The van der Waals surface area contributed by atoms with Crippen molar-refractivity contribution in [2.45, 2.75) is 58.5 Å². The van der Waals surface area contributed by atoms with Crippen molar-refractivity contribution in [3.05, 3.63) is 29.9 Å². The molecule has 1 heterocycles. The minimum atomic E-state index is -1.26. The molecule has 1 atom stereocenters. The minimum absolute atomic E-state index is 0.558. The molecule has 1 unspecified atom stereocenters. The van der Waals surface area contributed by atoms with Crippen LogP contribution in [0.2, 0.25) is 0 Å². The van der Waals surface area contributed by atoms with E-state index in [0.717, 1.165) is 19.5 Å². The maximum atomic E-state index is 9.55. The normalized spacial score (nSPS) is 16.3. The van der Waals surface area contributed by atoms with E-state index in [4.69, 9.17) is 10.2 Å². The zero-order chi connectivity index (χ0) is 17.9. The van der Waals surface area contributed by atoms with Crippen molar-refractivity contribution in [1.29, 1.82) is 0 Å². The number of hydrogen-bond donors (Lipinski definition) is 3. The molecule has 0 radical (unpaired) electrons. The molecule has 0 aliphatic heterocycles. The van der Waals surface area contributed by atoms with Crippen LogP contribution in [-0.4, -0.2) is 44.3 Å². The zero-order valence-corrected chi connectivity index (χ0v) is 14.4. The molecule has 1 aromatic rings. The lowest BCUT2D eigenvalue weighted by Gasteiger charge is -2.23. The first-order valence-corrected chi connectivity index (χ1v) is 8.38. The highest BCUT2D eigenvalue weighted by molar-refractivity contribution is 5.89. The maximum absolute atomic E-state index is 9.55. The van der Waals surface area contributed by atoms with Gasteiger partial charge < -0.3 is 20.1 Å². The molecule has 134 valence electrons. The Morgan fingerprint density at radius 1 is 1.33 bits per heavy atom. The molecule has 1 aromatic heterocycles. The lowest BCUT2D eigenvalue weighted by Crippen LogP contribution is -2.35. The summed E-state index contributed by atoms with van der Waals surface area (Å²) in [4.78, 5) is 23.6. The second kappa shape index (κ2) is 10.6. The van der Waals surface area contributed by atoms with Crippen molar-refractivity contribution in [2.24, 2.45) is 0 Å². The van der Waals surface area contributed by atoms with Crippen molar-refractivity contribution in [3.63, 3.8) is 0 Å². The van der Waals surface area contributed by atoms with Gasteiger partial charge in [-0.05, 0) is 32.7 Å². The van der Waals surface area contributed by atoms with Gasteiger partial charge in [-0.2, -0.15) is 0 Å². The summed E-state index contributed by atoms with van der Waals surface area (Å²) < 4.78 is 2.29. The Labute approximate surface area is 142 Å². The quantitative estimate of drug-likeness (QED) is 0.518. The topological polar surface area (TPSA) is 104 Å². The van der Waals surface area contributed by atoms with E-state index in [0.29, 0.717) is 18.2 Å². The van der Waals surface area contributed by atoms with Crippen LogP contribution < -0.4 is 5.32 Å². The fraction of sp³-hybridized carbons (Fsp3) is 0.588. The van der Waals surface area contributed by atoms with E-state index in [1.165, 1.54) is 37.1 Å². The summed E-state index contributed by atoms with van der Waals surface area (Å²) in [5, 5.41) is 19.3. The summed E-state index contributed by atoms with van der Waals surface area (Å²) in [7, 11) is 0. The smallest absolute Gasteiger partial charge is 0.328 e. The van der Waals surface area contributed by atoms with Crippen LogP contribution in [0.4, 0.5) is 0 Å². The number of carbonyl (C=O) groups is 2. The number of imidazole rings is 1. The van der Waals surface area contributed by atoms with Gasteiger partial charge in [0, 0.05) is 36.9 Å². The average Bonchev–Trinajstić information content (AvgIpc) is 2.96. The number of unbranched alkanes of at least 4 members (excludes halogenated alkanes) is 1. The van der Waals surface area contributed by atoms with E-state index >= 15 is 0 Å². The minimum Gasteiger partial charge on any atom is -0.478 e. The van der Waals surface area contributed by atoms with Crippen LogP contribution in [0, 0.1) is 0 Å². The maximum Gasteiger partial charge on any atom is 0.328 e. The van der Waals surface area contributed by atoms with Crippen LogP contribution in [0.5, 0.6) is 0 Å². The molecule has 1 aliphatic carbocycles. The number of aliphatic carboxylic acids is 2. The summed E-state index contributed by atoms with van der Waals surface area (Å²) in [6, 6.07) is 0.652. The van der Waals surface area contributed by atoms with Crippen LogP contribution in [0.25, 0.3) is 0 Å². The van der Waals surface area contributed by atoms with Crippen molar-refractivity contribution in [3.8, 4) is 0 Å². The largest absolute Gasteiger partial charge is 0.478 e. The highest BCUT2D eigenvalue weighted by Crippen LogP contribution is 2.20. The van der Waals surface area contributed by atoms with Gasteiger partial charge in [-0.1, -0.05) is 13.3 Å². The number of aromatic nitrogens is 2. The molecule has 0 saturated carbocycles. The lowest BCUT2D eigenvalue weighted by atomic mass is 9.95. The summed E-state index contributed by atoms with van der Waals surface area (Å²) in [6.07, 6.45) is 9.24. The number of carboxylic acid groups (broad SMARTS) is 2. The zero-order valence-electron chi connectivity index (χ0n) is 14.4. The highest BCUT2D eigenvalue weighted by atomic mass is 16.4. The van der Waals surface area contributed by atoms with Crippen molar-refractivity contribution in [1.82, 2.24) is 14.9 Å². The van der Waals surface area contributed by atoms with Gasteiger partial charge in [-0.25, -0.2) is 14.6 Å². The standard InChI is InChI=1S/C13H23N3.C4H4O4/c1-3-5-8-14-11-6-7-13-12(9-11)15-10-16(13)4-2;5-3(6)1-2-4(7)8/h10-11,14H,3-9H2,1-2H3;1-2H,(H,5,6)(H,7,8)/b;2-1+. The number of fused-ring (bicyclic) bond motifs is 1. The van der Waals surface area contributed by atoms with E-state index in [2.05, 4.69) is 28.7 Å². The van der Waals surface area contributed by atoms with E-state index in [-0.39, 0.29) is 0 Å². The fourth-order valence-electron chi connectivity index (χ4n) is 2.63. The third-order valence-electron chi connectivity index (χ3n) is 3.87. The van der Waals surface area contributed by atoms with Crippen LogP contribution in [0.15, 0.2) is 18.5 Å². The molecule has 7 heteroatoms. The summed E-state index contributed by atoms with van der Waals surface area (Å²) in [5.74, 6) is -2.51. The molecular weight excluding hydrogens is 310 g/mol. The van der Waals surface area contributed by atoms with Crippen LogP contribution >= 0.6 is 0 Å². The van der Waals surface area contributed by atoms with Gasteiger partial charge in [0.05, 0.1) is 12.0 Å². The van der Waals surface area contributed by atoms with Gasteiger partial charge in [0.25, 0.3) is 0 Å². The second-order valence-corrected chi connectivity index (χ2v) is 5.68. The Bertz CT molecular complexity index is 550. The van der Waals surface area contributed by atoms with Gasteiger partial charge in [0.1, 0.15) is 0 Å². The Hall–Kier alpha value is -2.15. The molecule has 3 N–H and O–H groups in total. The third kappa shape index (κ3) is 6.95. The Kier molecular flexibility index (Phi) is 8.78. The monoisotopic (exact) mass is 337 g/mol. The van der Waals surface area contributed by atoms with E-state index in [9.17, 15) is 9.59 Å². The summed E-state index contributed by atoms with van der Waals surface area (Å²) >= 11 is 0. The summed E-state index contributed by atoms with van der Waals surface area (Å²) in [6.45, 7) is 6.64. The predicted octanol–water partition coefficient (Wildman–Crippen LogP) is 1.86. The first-order chi connectivity index (χ1) is 11.5. The van der Waals surface area contributed by atoms with Crippen molar-refractivity contribution in [2.75, 3.05) is 6.54 Å². The Morgan fingerprint density at radius 3 is 2.54 bits per heavy atom. The van der Waals surface area contributed by atoms with E-state index < -0.39 is 11.9 Å². The number of hydrogen-bond acceptors (Lipinski definition) is 4.